The first-order valence-electron chi connectivity index (χ1n) is 8.91. The molecule has 0 spiro atoms. The zero-order chi connectivity index (χ0) is 20.3. The summed E-state index contributed by atoms with van der Waals surface area (Å²) in [5, 5.41) is 7.40. The van der Waals surface area contributed by atoms with Crippen LogP contribution in [0.15, 0.2) is 18.3 Å². The summed E-state index contributed by atoms with van der Waals surface area (Å²) in [5.74, 6) is -1.90. The van der Waals surface area contributed by atoms with Crippen molar-refractivity contribution in [3.05, 3.63) is 34.7 Å². The van der Waals surface area contributed by atoms with Gasteiger partial charge in [0.2, 0.25) is 10.0 Å². The number of carbonyl (C=O) groups is 1. The molecule has 1 saturated carbocycles. The van der Waals surface area contributed by atoms with Crippen molar-refractivity contribution in [1.82, 2.24) is 25.3 Å². The number of hydrogen-bond donors (Lipinski definition) is 2. The largest absolute Gasteiger partial charge is 0.274 e. The normalized spacial score (nSPS) is 15.5. The molecule has 2 aromatic rings. The van der Waals surface area contributed by atoms with Crippen LogP contribution in [0.25, 0.3) is 11.3 Å². The van der Waals surface area contributed by atoms with Crippen molar-refractivity contribution in [1.29, 1.82) is 0 Å². The van der Waals surface area contributed by atoms with Gasteiger partial charge in [0.1, 0.15) is 5.69 Å². The summed E-state index contributed by atoms with van der Waals surface area (Å²) in [6.07, 6.45) is 6.40. The molecule has 0 bridgehead atoms. The lowest BCUT2D eigenvalue weighted by molar-refractivity contribution is 0.0941. The third kappa shape index (κ3) is 5.06. The van der Waals surface area contributed by atoms with Gasteiger partial charge in [-0.2, -0.15) is 0 Å². The van der Waals surface area contributed by atoms with Crippen LogP contribution in [0.2, 0.25) is 5.02 Å². The fourth-order valence-corrected chi connectivity index (χ4v) is 4.78. The number of hydrogen-bond acceptors (Lipinski definition) is 5. The van der Waals surface area contributed by atoms with Gasteiger partial charge in [0.15, 0.2) is 5.82 Å². The van der Waals surface area contributed by atoms with E-state index in [-0.39, 0.29) is 16.7 Å². The van der Waals surface area contributed by atoms with Gasteiger partial charge in [-0.3, -0.25) is 14.9 Å². The van der Waals surface area contributed by atoms with Crippen molar-refractivity contribution in [3.63, 3.8) is 0 Å². The molecule has 0 saturated heterocycles. The second-order valence-electron chi connectivity index (χ2n) is 6.94. The minimum absolute atomic E-state index is 0.0642. The molecular formula is C17H21ClFN5O3S. The van der Waals surface area contributed by atoms with Gasteiger partial charge in [-0.05, 0) is 30.9 Å². The van der Waals surface area contributed by atoms with Gasteiger partial charge >= 0.3 is 0 Å². The third-order valence-electron chi connectivity index (χ3n) is 4.67. The van der Waals surface area contributed by atoms with Crippen LogP contribution in [0.5, 0.6) is 0 Å². The first-order valence-corrected chi connectivity index (χ1v) is 10.9. The highest BCUT2D eigenvalue weighted by molar-refractivity contribution is 7.89. The summed E-state index contributed by atoms with van der Waals surface area (Å²) in [5.41, 5.74) is 2.45. The van der Waals surface area contributed by atoms with Gasteiger partial charge < -0.3 is 0 Å². The molecule has 2 N–H and O–H groups in total. The molecule has 3 rings (SSSR count). The van der Waals surface area contributed by atoms with Crippen molar-refractivity contribution < 1.29 is 17.6 Å². The van der Waals surface area contributed by atoms with Crippen LogP contribution in [-0.2, 0) is 17.1 Å². The van der Waals surface area contributed by atoms with Crippen molar-refractivity contribution in [2.24, 2.45) is 13.0 Å². The molecule has 1 fully saturated rings. The zero-order valence-electron chi connectivity index (χ0n) is 15.3. The number of aromatic nitrogens is 3. The van der Waals surface area contributed by atoms with Gasteiger partial charge in [0, 0.05) is 12.6 Å². The Labute approximate surface area is 167 Å². The molecule has 152 valence electrons. The monoisotopic (exact) mass is 429 g/mol. The van der Waals surface area contributed by atoms with Crippen LogP contribution in [0.1, 0.15) is 42.5 Å². The predicted molar refractivity (Wildman–Crippen MR) is 102 cm³/mol. The van der Waals surface area contributed by atoms with Crippen molar-refractivity contribution in [3.8, 4) is 11.3 Å². The summed E-state index contributed by atoms with van der Waals surface area (Å²) in [6, 6.07) is 2.57. The number of nitrogens with zero attached hydrogens (tertiary/aromatic N) is 3. The number of carbonyl (C=O) groups excluding carboxylic acids is 1. The van der Waals surface area contributed by atoms with Crippen LogP contribution in [0, 0.1) is 11.7 Å². The Morgan fingerprint density at radius 1 is 1.32 bits per heavy atom. The number of nitrogens with one attached hydrogen (secondary N) is 2. The molecule has 1 heterocycles. The van der Waals surface area contributed by atoms with Crippen LogP contribution in [-0.4, -0.2) is 35.1 Å². The van der Waals surface area contributed by atoms with E-state index < -0.39 is 27.3 Å². The average molecular weight is 430 g/mol. The smallest absolute Gasteiger partial charge is 0.269 e. The number of halogens is 2. The second-order valence-corrected chi connectivity index (χ2v) is 9.11. The number of amides is 1. The fraction of sp³-hybridized carbons (Fsp3) is 0.471. The number of benzene rings is 1. The summed E-state index contributed by atoms with van der Waals surface area (Å²) < 4.78 is 40.2. The Morgan fingerprint density at radius 2 is 2.04 bits per heavy atom. The zero-order valence-corrected chi connectivity index (χ0v) is 16.9. The highest BCUT2D eigenvalue weighted by atomic mass is 35.5. The highest BCUT2D eigenvalue weighted by Crippen LogP contribution is 2.27. The van der Waals surface area contributed by atoms with Gasteiger partial charge in [-0.25, -0.2) is 12.8 Å². The molecule has 0 atom stereocenters. The van der Waals surface area contributed by atoms with Gasteiger partial charge in [-0.1, -0.05) is 36.1 Å². The highest BCUT2D eigenvalue weighted by Gasteiger charge is 2.23. The van der Waals surface area contributed by atoms with E-state index in [0.717, 1.165) is 32.1 Å². The van der Waals surface area contributed by atoms with E-state index in [1.807, 2.05) is 4.83 Å². The molecule has 0 radical (unpaired) electrons. The van der Waals surface area contributed by atoms with Crippen LogP contribution in [0.3, 0.4) is 0 Å². The topological polar surface area (TPSA) is 106 Å². The summed E-state index contributed by atoms with van der Waals surface area (Å²) in [6.45, 7) is 0. The Bertz CT molecular complexity index is 973. The van der Waals surface area contributed by atoms with Gasteiger partial charge in [0.05, 0.1) is 22.5 Å². The third-order valence-corrected chi connectivity index (χ3v) is 6.27. The molecule has 0 unspecified atom stereocenters. The van der Waals surface area contributed by atoms with Crippen molar-refractivity contribution in [2.75, 3.05) is 5.75 Å². The van der Waals surface area contributed by atoms with E-state index in [1.54, 1.807) is 13.2 Å². The lowest BCUT2D eigenvalue weighted by Crippen LogP contribution is -2.44. The quantitative estimate of drug-likeness (QED) is 0.686. The molecule has 1 aromatic heterocycles. The van der Waals surface area contributed by atoms with Crippen molar-refractivity contribution >= 4 is 27.5 Å². The Balaban J connectivity index is 1.72. The first kappa shape index (κ1) is 20.7. The molecule has 28 heavy (non-hydrogen) atoms. The summed E-state index contributed by atoms with van der Waals surface area (Å²) in [7, 11) is -2.07. The maximum atomic E-state index is 14.3. The van der Waals surface area contributed by atoms with Crippen LogP contribution >= 0.6 is 11.6 Å². The summed E-state index contributed by atoms with van der Waals surface area (Å²) >= 11 is 5.89. The van der Waals surface area contributed by atoms with E-state index in [0.29, 0.717) is 11.3 Å². The lowest BCUT2D eigenvalue weighted by atomic mass is 9.91. The number of hydrazine groups is 1. The van der Waals surface area contributed by atoms with E-state index in [9.17, 15) is 17.6 Å². The Morgan fingerprint density at radius 3 is 2.68 bits per heavy atom. The molecular weight excluding hydrogens is 409 g/mol. The van der Waals surface area contributed by atoms with E-state index >= 15 is 0 Å². The number of sulfonamides is 1. The SMILES string of the molecule is Cn1cc(-c2cc(Cl)c(F)c(C(=O)NNS(=O)(=O)CC3CCCCC3)c2)nn1. The van der Waals surface area contributed by atoms with Gasteiger partial charge in [-0.15, -0.1) is 9.93 Å². The minimum atomic E-state index is -3.73. The standard InChI is InChI=1S/C17H21ClFN5O3S/c1-24-9-15(20-22-24)12-7-13(16(19)14(18)8-12)17(25)21-23-28(26,27)10-11-5-3-2-4-6-11/h7-9,11,23H,2-6,10H2,1H3,(H,21,25). The van der Waals surface area contributed by atoms with Crippen LogP contribution in [0.4, 0.5) is 4.39 Å². The maximum absolute atomic E-state index is 14.3. The Kier molecular flexibility index (Phi) is 6.31. The van der Waals surface area contributed by atoms with E-state index in [2.05, 4.69) is 15.7 Å². The average Bonchev–Trinajstić information content (AvgIpc) is 3.09. The molecule has 11 heteroatoms. The minimum Gasteiger partial charge on any atom is -0.274 e. The van der Waals surface area contributed by atoms with Crippen LogP contribution < -0.4 is 10.3 Å². The number of rotatable bonds is 6. The second kappa shape index (κ2) is 8.54. The fourth-order valence-electron chi connectivity index (χ4n) is 3.28. The molecule has 1 aliphatic carbocycles. The predicted octanol–water partition coefficient (Wildman–Crippen LogP) is 2.42. The molecule has 1 aromatic carbocycles. The Hall–Kier alpha value is -2.04. The maximum Gasteiger partial charge on any atom is 0.269 e. The van der Waals surface area contributed by atoms with E-state index in [4.69, 9.17) is 11.6 Å². The van der Waals surface area contributed by atoms with Crippen molar-refractivity contribution in [2.45, 2.75) is 32.1 Å². The lowest BCUT2D eigenvalue weighted by Gasteiger charge is -2.21. The molecule has 0 aliphatic heterocycles. The summed E-state index contributed by atoms with van der Waals surface area (Å²) in [4.78, 5) is 14.4. The molecule has 8 nitrogen and oxygen atoms in total. The first-order chi connectivity index (χ1) is 13.2. The van der Waals surface area contributed by atoms with Gasteiger partial charge in [0.25, 0.3) is 5.91 Å². The van der Waals surface area contributed by atoms with E-state index in [1.165, 1.54) is 16.8 Å². The molecule has 1 aliphatic rings. The molecule has 1 amide bonds. The number of aryl methyl sites for hydroxylation is 1.